The topological polar surface area (TPSA) is 50.9 Å². The summed E-state index contributed by atoms with van der Waals surface area (Å²) >= 11 is 1.68. The van der Waals surface area contributed by atoms with E-state index in [1.807, 2.05) is 0 Å². The third kappa shape index (κ3) is 5.14. The predicted molar refractivity (Wildman–Crippen MR) is 67.5 cm³/mol. The molecule has 0 radical (unpaired) electrons. The van der Waals surface area contributed by atoms with Crippen molar-refractivity contribution in [1.82, 2.24) is 4.98 Å². The van der Waals surface area contributed by atoms with E-state index in [0.717, 1.165) is 23.8 Å². The van der Waals surface area contributed by atoms with Crippen molar-refractivity contribution in [2.24, 2.45) is 5.73 Å². The van der Waals surface area contributed by atoms with Gasteiger partial charge in [0.15, 0.2) is 5.13 Å². The van der Waals surface area contributed by atoms with Gasteiger partial charge in [-0.3, -0.25) is 0 Å². The fraction of sp³-hybridized carbons (Fsp3) is 0.727. The lowest BCUT2D eigenvalue weighted by atomic mass is 10.2. The fourth-order valence-corrected chi connectivity index (χ4v) is 2.17. The standard InChI is InChI=1S/C11H21N3S/c1-2-3-4-5-8-13-11-14-10(6-7-12)9-15-11/h9H,2-8,12H2,1H3,(H,13,14). The molecule has 1 rings (SSSR count). The molecule has 86 valence electrons. The first-order chi connectivity index (χ1) is 7.36. The van der Waals surface area contributed by atoms with E-state index in [4.69, 9.17) is 5.73 Å². The summed E-state index contributed by atoms with van der Waals surface area (Å²) in [7, 11) is 0. The zero-order chi connectivity index (χ0) is 10.9. The predicted octanol–water partition coefficient (Wildman–Crippen LogP) is 2.64. The van der Waals surface area contributed by atoms with E-state index in [1.165, 1.54) is 25.7 Å². The summed E-state index contributed by atoms with van der Waals surface area (Å²) in [6, 6.07) is 0. The minimum absolute atomic E-state index is 0.680. The Bertz CT molecular complexity index is 260. The Kier molecular flexibility index (Phi) is 6.36. The molecule has 1 aromatic heterocycles. The summed E-state index contributed by atoms with van der Waals surface area (Å²) < 4.78 is 0. The molecule has 3 N–H and O–H groups in total. The number of hydrogen-bond acceptors (Lipinski definition) is 4. The third-order valence-corrected chi connectivity index (χ3v) is 3.11. The normalized spacial score (nSPS) is 10.5. The van der Waals surface area contributed by atoms with Gasteiger partial charge in [-0.25, -0.2) is 4.98 Å². The van der Waals surface area contributed by atoms with Crippen molar-refractivity contribution in [3.8, 4) is 0 Å². The van der Waals surface area contributed by atoms with Crippen LogP contribution >= 0.6 is 11.3 Å². The maximum atomic E-state index is 5.47. The van der Waals surface area contributed by atoms with E-state index in [9.17, 15) is 0 Å². The Hall–Kier alpha value is -0.610. The maximum Gasteiger partial charge on any atom is 0.182 e. The first-order valence-electron chi connectivity index (χ1n) is 5.75. The summed E-state index contributed by atoms with van der Waals surface area (Å²) in [6.07, 6.45) is 6.05. The molecule has 0 spiro atoms. The molecule has 0 aliphatic heterocycles. The average Bonchev–Trinajstić information content (AvgIpc) is 2.66. The molecule has 4 heteroatoms. The lowest BCUT2D eigenvalue weighted by Gasteiger charge is -2.01. The van der Waals surface area contributed by atoms with Crippen molar-refractivity contribution >= 4 is 16.5 Å². The lowest BCUT2D eigenvalue weighted by molar-refractivity contribution is 0.685. The van der Waals surface area contributed by atoms with E-state index >= 15 is 0 Å². The minimum atomic E-state index is 0.680. The number of unbranched alkanes of at least 4 members (excludes halogenated alkanes) is 3. The summed E-state index contributed by atoms with van der Waals surface area (Å²) in [5, 5.41) is 6.47. The number of anilines is 1. The molecule has 1 aromatic rings. The lowest BCUT2D eigenvalue weighted by Crippen LogP contribution is -2.04. The van der Waals surface area contributed by atoms with Crippen LogP contribution in [0, 0.1) is 0 Å². The highest BCUT2D eigenvalue weighted by Crippen LogP contribution is 2.15. The smallest absolute Gasteiger partial charge is 0.182 e. The van der Waals surface area contributed by atoms with Gasteiger partial charge in [0.1, 0.15) is 0 Å². The van der Waals surface area contributed by atoms with Crippen molar-refractivity contribution < 1.29 is 0 Å². The largest absolute Gasteiger partial charge is 0.362 e. The van der Waals surface area contributed by atoms with E-state index in [0.29, 0.717) is 6.54 Å². The molecular formula is C11H21N3S. The molecule has 0 bridgehead atoms. The van der Waals surface area contributed by atoms with E-state index in [2.05, 4.69) is 22.6 Å². The fourth-order valence-electron chi connectivity index (χ4n) is 1.40. The van der Waals surface area contributed by atoms with Crippen LogP contribution in [-0.4, -0.2) is 18.1 Å². The molecule has 0 aliphatic carbocycles. The SMILES string of the molecule is CCCCCCNc1nc(CCN)cs1. The average molecular weight is 227 g/mol. The molecule has 0 fully saturated rings. The molecule has 0 aliphatic rings. The Labute approximate surface area is 96.1 Å². The Morgan fingerprint density at radius 2 is 2.27 bits per heavy atom. The highest BCUT2D eigenvalue weighted by Gasteiger charge is 1.99. The summed E-state index contributed by atoms with van der Waals surface area (Å²) in [5.74, 6) is 0. The number of rotatable bonds is 8. The number of nitrogens with one attached hydrogen (secondary N) is 1. The quantitative estimate of drug-likeness (QED) is 0.671. The zero-order valence-corrected chi connectivity index (χ0v) is 10.3. The molecule has 0 saturated carbocycles. The number of aromatic nitrogens is 1. The Balaban J connectivity index is 2.14. The number of hydrogen-bond donors (Lipinski definition) is 2. The van der Waals surface area contributed by atoms with Gasteiger partial charge in [-0.1, -0.05) is 26.2 Å². The van der Waals surface area contributed by atoms with Crippen LogP contribution in [0.4, 0.5) is 5.13 Å². The monoisotopic (exact) mass is 227 g/mol. The van der Waals surface area contributed by atoms with Gasteiger partial charge in [0.05, 0.1) is 5.69 Å². The zero-order valence-electron chi connectivity index (χ0n) is 9.46. The van der Waals surface area contributed by atoms with Crippen LogP contribution < -0.4 is 11.1 Å². The van der Waals surface area contributed by atoms with Gasteiger partial charge in [0, 0.05) is 18.3 Å². The molecule has 0 aromatic carbocycles. The van der Waals surface area contributed by atoms with Crippen molar-refractivity contribution in [3.63, 3.8) is 0 Å². The molecular weight excluding hydrogens is 206 g/mol. The van der Waals surface area contributed by atoms with Crippen LogP contribution in [0.1, 0.15) is 38.3 Å². The van der Waals surface area contributed by atoms with Crippen molar-refractivity contribution in [2.45, 2.75) is 39.0 Å². The van der Waals surface area contributed by atoms with Gasteiger partial charge in [-0.15, -0.1) is 11.3 Å². The van der Waals surface area contributed by atoms with Crippen molar-refractivity contribution in [3.05, 3.63) is 11.1 Å². The van der Waals surface area contributed by atoms with Gasteiger partial charge in [0.2, 0.25) is 0 Å². The molecule has 0 saturated heterocycles. The molecule has 0 atom stereocenters. The Morgan fingerprint density at radius 1 is 1.40 bits per heavy atom. The Morgan fingerprint density at radius 3 is 3.00 bits per heavy atom. The second-order valence-corrected chi connectivity index (χ2v) is 4.53. The third-order valence-electron chi connectivity index (χ3n) is 2.26. The van der Waals surface area contributed by atoms with Crippen LogP contribution in [0.5, 0.6) is 0 Å². The van der Waals surface area contributed by atoms with Gasteiger partial charge in [0.25, 0.3) is 0 Å². The second kappa shape index (κ2) is 7.65. The van der Waals surface area contributed by atoms with Gasteiger partial charge in [-0.2, -0.15) is 0 Å². The number of nitrogens with two attached hydrogens (primary N) is 1. The van der Waals surface area contributed by atoms with Crippen molar-refractivity contribution in [2.75, 3.05) is 18.4 Å². The van der Waals surface area contributed by atoms with E-state index in [1.54, 1.807) is 11.3 Å². The number of thiazole rings is 1. The van der Waals surface area contributed by atoms with Crippen LogP contribution in [0.2, 0.25) is 0 Å². The molecule has 0 unspecified atom stereocenters. The highest BCUT2D eigenvalue weighted by molar-refractivity contribution is 7.13. The highest BCUT2D eigenvalue weighted by atomic mass is 32.1. The summed E-state index contributed by atoms with van der Waals surface area (Å²) in [5.41, 5.74) is 6.58. The first kappa shape index (κ1) is 12.5. The number of nitrogens with zero attached hydrogens (tertiary/aromatic N) is 1. The van der Waals surface area contributed by atoms with Crippen LogP contribution in [-0.2, 0) is 6.42 Å². The summed E-state index contributed by atoms with van der Waals surface area (Å²) in [4.78, 5) is 4.45. The minimum Gasteiger partial charge on any atom is -0.362 e. The van der Waals surface area contributed by atoms with Crippen LogP contribution in [0.3, 0.4) is 0 Å². The van der Waals surface area contributed by atoms with E-state index in [-0.39, 0.29) is 0 Å². The molecule has 15 heavy (non-hydrogen) atoms. The molecule has 3 nitrogen and oxygen atoms in total. The van der Waals surface area contributed by atoms with Gasteiger partial charge >= 0.3 is 0 Å². The van der Waals surface area contributed by atoms with Crippen LogP contribution in [0.25, 0.3) is 0 Å². The van der Waals surface area contributed by atoms with Gasteiger partial charge in [-0.05, 0) is 13.0 Å². The maximum absolute atomic E-state index is 5.47. The van der Waals surface area contributed by atoms with Crippen LogP contribution in [0.15, 0.2) is 5.38 Å². The summed E-state index contributed by atoms with van der Waals surface area (Å²) in [6.45, 7) is 3.95. The van der Waals surface area contributed by atoms with Gasteiger partial charge < -0.3 is 11.1 Å². The molecule has 1 heterocycles. The van der Waals surface area contributed by atoms with E-state index < -0.39 is 0 Å². The molecule has 0 amide bonds. The second-order valence-electron chi connectivity index (χ2n) is 3.67. The first-order valence-corrected chi connectivity index (χ1v) is 6.63. The van der Waals surface area contributed by atoms with Crippen molar-refractivity contribution in [1.29, 1.82) is 0 Å².